The van der Waals surface area contributed by atoms with E-state index in [1.165, 1.54) is 0 Å². The molecule has 1 fully saturated rings. The molecule has 27 heavy (non-hydrogen) atoms. The fraction of sp³-hybridized carbons (Fsp3) is 0.526. The van der Waals surface area contributed by atoms with Crippen LogP contribution in [0.3, 0.4) is 0 Å². The number of aliphatic hydroxyl groups excluding tert-OH is 1. The molecule has 2 heterocycles. The van der Waals surface area contributed by atoms with Crippen LogP contribution in [-0.4, -0.2) is 57.2 Å². The van der Waals surface area contributed by atoms with Crippen molar-refractivity contribution in [2.45, 2.75) is 55.9 Å². The summed E-state index contributed by atoms with van der Waals surface area (Å²) in [6, 6.07) is 5.57. The molecule has 7 nitrogen and oxygen atoms in total. The second kappa shape index (κ2) is 7.16. The molecule has 0 bridgehead atoms. The van der Waals surface area contributed by atoms with E-state index in [0.717, 1.165) is 5.56 Å². The summed E-state index contributed by atoms with van der Waals surface area (Å²) in [5.41, 5.74) is 1.56. The van der Waals surface area contributed by atoms with Gasteiger partial charge in [-0.25, -0.2) is 0 Å². The van der Waals surface area contributed by atoms with Gasteiger partial charge in [-0.3, -0.25) is 14.4 Å². The molecule has 1 aromatic carbocycles. The van der Waals surface area contributed by atoms with Crippen molar-refractivity contribution in [1.29, 1.82) is 0 Å². The van der Waals surface area contributed by atoms with Crippen LogP contribution in [0.1, 0.15) is 49.0 Å². The van der Waals surface area contributed by atoms with Gasteiger partial charge in [0.1, 0.15) is 17.5 Å². The Bertz CT molecular complexity index is 782. The van der Waals surface area contributed by atoms with Gasteiger partial charge in [0.05, 0.1) is 6.61 Å². The predicted molar refractivity (Wildman–Crippen MR) is 103 cm³/mol. The maximum atomic E-state index is 13.0. The van der Waals surface area contributed by atoms with Gasteiger partial charge in [-0.15, -0.1) is 11.8 Å². The van der Waals surface area contributed by atoms with Crippen molar-refractivity contribution in [3.63, 3.8) is 0 Å². The molecule has 146 valence electrons. The minimum Gasteiger partial charge on any atom is -0.394 e. The number of rotatable bonds is 5. The second-order valence-corrected chi connectivity index (χ2v) is 9.33. The van der Waals surface area contributed by atoms with Gasteiger partial charge in [0.25, 0.3) is 5.91 Å². The van der Waals surface area contributed by atoms with Crippen LogP contribution in [-0.2, 0) is 9.59 Å². The maximum Gasteiger partial charge on any atom is 0.256 e. The quantitative estimate of drug-likeness (QED) is 0.697. The van der Waals surface area contributed by atoms with Crippen LogP contribution in [0.25, 0.3) is 0 Å². The molecule has 0 saturated carbocycles. The number of thioether (sulfide) groups is 1. The lowest BCUT2D eigenvalue weighted by Gasteiger charge is -2.30. The Balaban J connectivity index is 1.79. The standard InChI is InChI=1S/C19H25N3O4S/c1-10(9-23)20-15(24)11(2)21-16(25)14-19(3,4)27-18-13-8-6-5-7-12(13)17(26)22(14)18/h5-8,10-11,14,18,23H,9H2,1-4H3,(H,20,24)(H,21,25)/t10-,11-,14+,18-/m0/s1. The third-order valence-corrected chi connectivity index (χ3v) is 6.49. The van der Waals surface area contributed by atoms with E-state index in [1.54, 1.807) is 36.6 Å². The number of aliphatic hydroxyl groups is 1. The normalized spacial score (nSPS) is 24.8. The molecule has 3 N–H and O–H groups in total. The van der Waals surface area contributed by atoms with Gasteiger partial charge < -0.3 is 20.6 Å². The highest BCUT2D eigenvalue weighted by Crippen LogP contribution is 2.56. The topological polar surface area (TPSA) is 98.7 Å². The molecule has 4 atom stereocenters. The third kappa shape index (κ3) is 3.43. The van der Waals surface area contributed by atoms with Crippen molar-refractivity contribution >= 4 is 29.5 Å². The van der Waals surface area contributed by atoms with Gasteiger partial charge in [0.15, 0.2) is 0 Å². The largest absolute Gasteiger partial charge is 0.394 e. The summed E-state index contributed by atoms with van der Waals surface area (Å²) in [5, 5.41) is 14.2. The number of carbonyl (C=O) groups excluding carboxylic acids is 3. The summed E-state index contributed by atoms with van der Waals surface area (Å²) in [5.74, 6) is -0.878. The number of fused-ring (bicyclic) bond motifs is 3. The Labute approximate surface area is 162 Å². The lowest BCUT2D eigenvalue weighted by atomic mass is 10.0. The fourth-order valence-electron chi connectivity index (χ4n) is 3.58. The molecule has 2 aliphatic heterocycles. The predicted octanol–water partition coefficient (Wildman–Crippen LogP) is 1.04. The zero-order valence-corrected chi connectivity index (χ0v) is 16.7. The summed E-state index contributed by atoms with van der Waals surface area (Å²) in [6.07, 6.45) is 0. The SMILES string of the molecule is C[C@H](NC(=O)[C@H]1N2C(=O)c3ccccc3[C@@H]2SC1(C)C)C(=O)N[C@@H](C)CO. The molecule has 0 unspecified atom stereocenters. The van der Waals surface area contributed by atoms with Crippen molar-refractivity contribution < 1.29 is 19.5 Å². The van der Waals surface area contributed by atoms with E-state index < -0.39 is 22.9 Å². The van der Waals surface area contributed by atoms with Gasteiger partial charge in [-0.05, 0) is 39.3 Å². The number of amides is 3. The van der Waals surface area contributed by atoms with E-state index in [4.69, 9.17) is 5.11 Å². The number of nitrogens with one attached hydrogen (secondary N) is 2. The van der Waals surface area contributed by atoms with Crippen molar-refractivity contribution in [2.24, 2.45) is 0 Å². The summed E-state index contributed by atoms with van der Waals surface area (Å²) in [7, 11) is 0. The third-order valence-electron chi connectivity index (χ3n) is 4.96. The zero-order chi connectivity index (χ0) is 19.9. The minimum atomic E-state index is -0.772. The first-order chi connectivity index (χ1) is 12.7. The number of hydrogen-bond donors (Lipinski definition) is 3. The van der Waals surface area contributed by atoms with E-state index in [1.807, 2.05) is 32.0 Å². The molecule has 0 aliphatic carbocycles. The van der Waals surface area contributed by atoms with Crippen LogP contribution in [0.2, 0.25) is 0 Å². The molecular weight excluding hydrogens is 366 g/mol. The van der Waals surface area contributed by atoms with Gasteiger partial charge >= 0.3 is 0 Å². The van der Waals surface area contributed by atoms with E-state index in [2.05, 4.69) is 10.6 Å². The molecule has 1 aromatic rings. The van der Waals surface area contributed by atoms with Gasteiger partial charge in [0, 0.05) is 16.4 Å². The molecular formula is C19H25N3O4S. The van der Waals surface area contributed by atoms with E-state index in [-0.39, 0.29) is 29.7 Å². The average molecular weight is 391 g/mol. The highest BCUT2D eigenvalue weighted by atomic mass is 32.2. The van der Waals surface area contributed by atoms with E-state index in [0.29, 0.717) is 5.56 Å². The van der Waals surface area contributed by atoms with Gasteiger partial charge in [-0.1, -0.05) is 18.2 Å². The van der Waals surface area contributed by atoms with Crippen LogP contribution >= 0.6 is 11.8 Å². The second-order valence-electron chi connectivity index (χ2n) is 7.60. The molecule has 0 aromatic heterocycles. The lowest BCUT2D eigenvalue weighted by molar-refractivity contribution is -0.131. The molecule has 1 saturated heterocycles. The smallest absolute Gasteiger partial charge is 0.256 e. The Morgan fingerprint density at radius 3 is 2.59 bits per heavy atom. The number of benzene rings is 1. The zero-order valence-electron chi connectivity index (χ0n) is 15.9. The highest BCUT2D eigenvalue weighted by Gasteiger charge is 2.57. The summed E-state index contributed by atoms with van der Waals surface area (Å²) < 4.78 is -0.494. The van der Waals surface area contributed by atoms with Crippen molar-refractivity contribution in [1.82, 2.24) is 15.5 Å². The first kappa shape index (κ1) is 19.7. The van der Waals surface area contributed by atoms with Crippen LogP contribution in [0.15, 0.2) is 24.3 Å². The molecule has 8 heteroatoms. The maximum absolute atomic E-state index is 13.0. The summed E-state index contributed by atoms with van der Waals surface area (Å²) >= 11 is 1.58. The Kier molecular flexibility index (Phi) is 5.22. The monoisotopic (exact) mass is 391 g/mol. The van der Waals surface area contributed by atoms with Gasteiger partial charge in [-0.2, -0.15) is 0 Å². The van der Waals surface area contributed by atoms with Crippen molar-refractivity contribution in [2.75, 3.05) is 6.61 Å². The van der Waals surface area contributed by atoms with Crippen LogP contribution in [0.5, 0.6) is 0 Å². The summed E-state index contributed by atoms with van der Waals surface area (Å²) in [6.45, 7) is 6.96. The molecule has 2 aliphatic rings. The van der Waals surface area contributed by atoms with Gasteiger partial charge in [0.2, 0.25) is 11.8 Å². The fourth-order valence-corrected chi connectivity index (χ4v) is 5.16. The Morgan fingerprint density at radius 1 is 1.26 bits per heavy atom. The molecule has 0 spiro atoms. The van der Waals surface area contributed by atoms with E-state index >= 15 is 0 Å². The number of hydrogen-bond acceptors (Lipinski definition) is 5. The summed E-state index contributed by atoms with van der Waals surface area (Å²) in [4.78, 5) is 39.7. The molecule has 3 rings (SSSR count). The van der Waals surface area contributed by atoms with Crippen molar-refractivity contribution in [3.05, 3.63) is 35.4 Å². The Morgan fingerprint density at radius 2 is 1.93 bits per heavy atom. The highest BCUT2D eigenvalue weighted by molar-refractivity contribution is 8.01. The number of carbonyl (C=O) groups is 3. The lowest BCUT2D eigenvalue weighted by Crippen LogP contribution is -2.57. The first-order valence-electron chi connectivity index (χ1n) is 8.98. The molecule has 3 amide bonds. The minimum absolute atomic E-state index is 0.153. The van der Waals surface area contributed by atoms with Crippen LogP contribution in [0.4, 0.5) is 0 Å². The van der Waals surface area contributed by atoms with Crippen LogP contribution < -0.4 is 10.6 Å². The molecule has 0 radical (unpaired) electrons. The average Bonchev–Trinajstić information content (AvgIpc) is 3.04. The number of nitrogens with zero attached hydrogens (tertiary/aromatic N) is 1. The van der Waals surface area contributed by atoms with E-state index in [9.17, 15) is 14.4 Å². The Hall–Kier alpha value is -2.06. The first-order valence-corrected chi connectivity index (χ1v) is 9.86. The van der Waals surface area contributed by atoms with Crippen LogP contribution in [0, 0.1) is 0 Å². The van der Waals surface area contributed by atoms with Crippen molar-refractivity contribution in [3.8, 4) is 0 Å².